The summed E-state index contributed by atoms with van der Waals surface area (Å²) in [5.74, 6) is 0. The van der Waals surface area contributed by atoms with Gasteiger partial charge < -0.3 is 5.73 Å². The van der Waals surface area contributed by atoms with Crippen LogP contribution in [-0.4, -0.2) is 54.1 Å². The first-order valence-electron chi connectivity index (χ1n) is 9.53. The highest BCUT2D eigenvalue weighted by Gasteiger charge is 2.40. The van der Waals surface area contributed by atoms with Crippen LogP contribution in [0.1, 0.15) is 70.6 Å². The van der Waals surface area contributed by atoms with Crippen molar-refractivity contribution in [3.8, 4) is 0 Å². The number of hydrogen-bond donors (Lipinski definition) is 1. The summed E-state index contributed by atoms with van der Waals surface area (Å²) >= 11 is 0. The average Bonchev–Trinajstić information content (AvgIpc) is 2.99. The maximum atomic E-state index is 6.31. The number of rotatable bonds is 3. The van der Waals surface area contributed by atoms with Crippen LogP contribution in [0.25, 0.3) is 0 Å². The molecule has 3 rings (SSSR count). The molecule has 21 heavy (non-hydrogen) atoms. The summed E-state index contributed by atoms with van der Waals surface area (Å²) in [6.45, 7) is 6.14. The van der Waals surface area contributed by atoms with Gasteiger partial charge in [-0.25, -0.2) is 0 Å². The van der Waals surface area contributed by atoms with Gasteiger partial charge in [0.05, 0.1) is 0 Å². The first-order valence-corrected chi connectivity index (χ1v) is 9.53. The van der Waals surface area contributed by atoms with Gasteiger partial charge in [0.15, 0.2) is 0 Å². The van der Waals surface area contributed by atoms with Gasteiger partial charge in [-0.1, -0.05) is 38.5 Å². The minimum atomic E-state index is 0.338. The maximum Gasteiger partial charge on any atom is 0.0332 e. The number of hydrogen-bond acceptors (Lipinski definition) is 3. The van der Waals surface area contributed by atoms with Crippen LogP contribution in [0.4, 0.5) is 0 Å². The van der Waals surface area contributed by atoms with Gasteiger partial charge in [0, 0.05) is 31.2 Å². The van der Waals surface area contributed by atoms with E-state index >= 15 is 0 Å². The van der Waals surface area contributed by atoms with Gasteiger partial charge in [-0.2, -0.15) is 0 Å². The molecule has 0 aromatic heterocycles. The molecule has 3 fully saturated rings. The number of piperidine rings is 1. The fourth-order valence-electron chi connectivity index (χ4n) is 4.97. The second kappa shape index (κ2) is 7.43. The highest BCUT2D eigenvalue weighted by Crippen LogP contribution is 2.34. The highest BCUT2D eigenvalue weighted by molar-refractivity contribution is 4.98. The Balaban J connectivity index is 1.61. The molecule has 1 aliphatic carbocycles. The minimum absolute atomic E-state index is 0.338. The summed E-state index contributed by atoms with van der Waals surface area (Å²) in [5.41, 5.74) is 6.65. The van der Waals surface area contributed by atoms with Gasteiger partial charge in [-0.05, 0) is 45.2 Å². The maximum absolute atomic E-state index is 6.31. The molecule has 3 nitrogen and oxygen atoms in total. The second-order valence-corrected chi connectivity index (χ2v) is 7.68. The fraction of sp³-hybridized carbons (Fsp3) is 1.00. The normalized spacial score (nSPS) is 32.7. The van der Waals surface area contributed by atoms with E-state index < -0.39 is 0 Å². The molecular weight excluding hydrogens is 258 g/mol. The lowest BCUT2D eigenvalue weighted by atomic mass is 9.82. The van der Waals surface area contributed by atoms with Crippen LogP contribution < -0.4 is 5.73 Å². The van der Waals surface area contributed by atoms with Crippen LogP contribution in [0.2, 0.25) is 0 Å². The third kappa shape index (κ3) is 3.62. The average molecular weight is 293 g/mol. The summed E-state index contributed by atoms with van der Waals surface area (Å²) in [6.07, 6.45) is 15.4. The van der Waals surface area contributed by atoms with Crippen LogP contribution in [0.15, 0.2) is 0 Å². The molecule has 1 unspecified atom stereocenters. The first kappa shape index (κ1) is 15.8. The Morgan fingerprint density at radius 3 is 2.10 bits per heavy atom. The molecule has 2 N–H and O–H groups in total. The van der Waals surface area contributed by atoms with Crippen molar-refractivity contribution in [1.82, 2.24) is 9.80 Å². The molecule has 2 heterocycles. The Bertz CT molecular complexity index is 304. The van der Waals surface area contributed by atoms with Crippen molar-refractivity contribution < 1.29 is 0 Å². The predicted molar refractivity (Wildman–Crippen MR) is 89.5 cm³/mol. The van der Waals surface area contributed by atoms with Crippen LogP contribution in [-0.2, 0) is 0 Å². The Morgan fingerprint density at radius 2 is 1.43 bits per heavy atom. The molecular formula is C18H35N3. The standard InChI is InChI=1S/C18H35N3/c19-16-18(10-5-2-1-3-6-11-18)21-14-9-17(15-21)20-12-7-4-8-13-20/h17H,1-16,19H2. The van der Waals surface area contributed by atoms with E-state index in [4.69, 9.17) is 5.73 Å². The van der Waals surface area contributed by atoms with Crippen molar-refractivity contribution in [2.45, 2.75) is 82.2 Å². The zero-order chi connectivity index (χ0) is 14.5. The Morgan fingerprint density at radius 1 is 0.810 bits per heavy atom. The predicted octanol–water partition coefficient (Wildman–Crippen LogP) is 2.99. The summed E-state index contributed by atoms with van der Waals surface area (Å²) in [6, 6.07) is 0.819. The van der Waals surface area contributed by atoms with Gasteiger partial charge in [-0.3, -0.25) is 9.80 Å². The molecule has 0 aromatic rings. The molecule has 0 bridgehead atoms. The van der Waals surface area contributed by atoms with Gasteiger partial charge in [0.2, 0.25) is 0 Å². The lowest BCUT2D eigenvalue weighted by molar-refractivity contribution is 0.0768. The molecule has 2 aliphatic heterocycles. The highest BCUT2D eigenvalue weighted by atomic mass is 15.3. The third-order valence-electron chi connectivity index (χ3n) is 6.41. The zero-order valence-electron chi connectivity index (χ0n) is 13.9. The zero-order valence-corrected chi connectivity index (χ0v) is 13.9. The van der Waals surface area contributed by atoms with E-state index in [0.717, 1.165) is 12.6 Å². The first-order chi connectivity index (χ1) is 10.3. The molecule has 122 valence electrons. The smallest absolute Gasteiger partial charge is 0.0332 e. The molecule has 1 saturated carbocycles. The number of likely N-dealkylation sites (tertiary alicyclic amines) is 2. The monoisotopic (exact) mass is 293 g/mol. The summed E-state index contributed by atoms with van der Waals surface area (Å²) < 4.78 is 0. The van der Waals surface area contributed by atoms with Crippen molar-refractivity contribution in [2.24, 2.45) is 5.73 Å². The number of nitrogens with zero attached hydrogens (tertiary/aromatic N) is 2. The topological polar surface area (TPSA) is 32.5 Å². The van der Waals surface area contributed by atoms with Crippen molar-refractivity contribution in [3.05, 3.63) is 0 Å². The van der Waals surface area contributed by atoms with Crippen LogP contribution in [0.5, 0.6) is 0 Å². The van der Waals surface area contributed by atoms with E-state index in [-0.39, 0.29) is 0 Å². The quantitative estimate of drug-likeness (QED) is 0.868. The van der Waals surface area contributed by atoms with Crippen molar-refractivity contribution in [3.63, 3.8) is 0 Å². The molecule has 0 spiro atoms. The van der Waals surface area contributed by atoms with Gasteiger partial charge in [0.1, 0.15) is 0 Å². The summed E-state index contributed by atoms with van der Waals surface area (Å²) in [7, 11) is 0. The van der Waals surface area contributed by atoms with E-state index in [1.807, 2.05) is 0 Å². The van der Waals surface area contributed by atoms with E-state index in [0.29, 0.717) is 5.54 Å². The van der Waals surface area contributed by atoms with E-state index in [1.165, 1.54) is 96.8 Å². The Hall–Kier alpha value is -0.120. The van der Waals surface area contributed by atoms with E-state index in [1.54, 1.807) is 0 Å². The molecule has 2 saturated heterocycles. The summed E-state index contributed by atoms with van der Waals surface area (Å²) in [5, 5.41) is 0. The molecule has 0 aromatic carbocycles. The van der Waals surface area contributed by atoms with Crippen LogP contribution in [0.3, 0.4) is 0 Å². The van der Waals surface area contributed by atoms with Gasteiger partial charge in [-0.15, -0.1) is 0 Å². The van der Waals surface area contributed by atoms with Crippen LogP contribution in [0, 0.1) is 0 Å². The summed E-state index contributed by atoms with van der Waals surface area (Å²) in [4.78, 5) is 5.58. The second-order valence-electron chi connectivity index (χ2n) is 7.68. The molecule has 3 heteroatoms. The Kier molecular flexibility index (Phi) is 5.58. The Labute approximate surface area is 131 Å². The minimum Gasteiger partial charge on any atom is -0.329 e. The van der Waals surface area contributed by atoms with Crippen LogP contribution >= 0.6 is 0 Å². The largest absolute Gasteiger partial charge is 0.329 e. The fourth-order valence-corrected chi connectivity index (χ4v) is 4.97. The lowest BCUT2D eigenvalue weighted by Crippen LogP contribution is -2.54. The molecule has 0 radical (unpaired) electrons. The SMILES string of the molecule is NCC1(N2CCC(N3CCCCC3)C2)CCCCCCC1. The molecule has 0 amide bonds. The van der Waals surface area contributed by atoms with E-state index in [2.05, 4.69) is 9.80 Å². The lowest BCUT2D eigenvalue weighted by Gasteiger charge is -2.43. The van der Waals surface area contributed by atoms with Crippen molar-refractivity contribution in [1.29, 1.82) is 0 Å². The van der Waals surface area contributed by atoms with Gasteiger partial charge in [0.25, 0.3) is 0 Å². The third-order valence-corrected chi connectivity index (χ3v) is 6.41. The molecule has 1 atom stereocenters. The van der Waals surface area contributed by atoms with E-state index in [9.17, 15) is 0 Å². The molecule has 3 aliphatic rings. The van der Waals surface area contributed by atoms with Crippen molar-refractivity contribution in [2.75, 3.05) is 32.7 Å². The number of nitrogens with two attached hydrogens (primary N) is 1. The van der Waals surface area contributed by atoms with Crippen molar-refractivity contribution >= 4 is 0 Å². The van der Waals surface area contributed by atoms with Gasteiger partial charge >= 0.3 is 0 Å².